The number of anilines is 1. The smallest absolute Gasteiger partial charge is 0.319 e. The van der Waals surface area contributed by atoms with Crippen LogP contribution in [0.2, 0.25) is 5.02 Å². The van der Waals surface area contributed by atoms with E-state index in [9.17, 15) is 27.2 Å². The summed E-state index contributed by atoms with van der Waals surface area (Å²) in [4.78, 5) is 24.7. The van der Waals surface area contributed by atoms with Gasteiger partial charge in [0, 0.05) is 11.8 Å². The number of rotatable bonds is 3. The van der Waals surface area contributed by atoms with Crippen molar-refractivity contribution < 1.29 is 22.4 Å². The SMILES string of the molecule is Cc1cc(=O)c(C(=O)Nc2ccc(F)cc2Cl)nn1-c1ccccc1C(F)(F)F. The first-order valence-electron chi connectivity index (χ1n) is 8.12. The van der Waals surface area contributed by atoms with Gasteiger partial charge in [-0.1, -0.05) is 23.7 Å². The molecule has 1 amide bonds. The summed E-state index contributed by atoms with van der Waals surface area (Å²) in [5.74, 6) is -1.63. The van der Waals surface area contributed by atoms with Gasteiger partial charge >= 0.3 is 6.18 Å². The van der Waals surface area contributed by atoms with E-state index < -0.39 is 34.6 Å². The number of aromatic nitrogens is 2. The number of carbonyl (C=O) groups is 1. The predicted molar refractivity (Wildman–Crippen MR) is 98.9 cm³/mol. The van der Waals surface area contributed by atoms with Gasteiger partial charge < -0.3 is 5.32 Å². The first kappa shape index (κ1) is 20.5. The molecule has 0 aliphatic rings. The van der Waals surface area contributed by atoms with E-state index in [1.807, 2.05) is 0 Å². The molecule has 0 saturated heterocycles. The maximum Gasteiger partial charge on any atom is 0.418 e. The van der Waals surface area contributed by atoms with E-state index in [4.69, 9.17) is 11.6 Å². The number of amides is 1. The summed E-state index contributed by atoms with van der Waals surface area (Å²) < 4.78 is 54.0. The predicted octanol–water partition coefficient (Wildman–Crippen LogP) is 4.60. The van der Waals surface area contributed by atoms with Crippen molar-refractivity contribution in [1.29, 1.82) is 0 Å². The van der Waals surface area contributed by atoms with Crippen molar-refractivity contribution in [1.82, 2.24) is 9.78 Å². The molecule has 1 N–H and O–H groups in total. The molecule has 10 heteroatoms. The van der Waals surface area contributed by atoms with Crippen LogP contribution in [-0.4, -0.2) is 15.7 Å². The quantitative estimate of drug-likeness (QED) is 0.623. The topological polar surface area (TPSA) is 64.0 Å². The molecule has 1 heterocycles. The van der Waals surface area contributed by atoms with Crippen LogP contribution in [0, 0.1) is 12.7 Å². The lowest BCUT2D eigenvalue weighted by Gasteiger charge is -2.16. The molecular formula is C19H12ClF4N3O2. The fourth-order valence-electron chi connectivity index (χ4n) is 2.62. The molecule has 3 rings (SSSR count). The van der Waals surface area contributed by atoms with E-state index in [0.717, 1.165) is 28.9 Å². The van der Waals surface area contributed by atoms with Crippen LogP contribution < -0.4 is 10.7 Å². The van der Waals surface area contributed by atoms with Gasteiger partial charge in [-0.05, 0) is 37.3 Å². The largest absolute Gasteiger partial charge is 0.418 e. The van der Waals surface area contributed by atoms with E-state index in [2.05, 4.69) is 10.4 Å². The van der Waals surface area contributed by atoms with Crippen LogP contribution in [0.15, 0.2) is 53.3 Å². The second-order valence-corrected chi connectivity index (χ2v) is 6.41. The van der Waals surface area contributed by atoms with Crippen molar-refractivity contribution in [3.63, 3.8) is 0 Å². The van der Waals surface area contributed by atoms with Gasteiger partial charge in [0.2, 0.25) is 5.43 Å². The minimum absolute atomic E-state index is 0.0158. The second-order valence-electron chi connectivity index (χ2n) is 6.00. The minimum Gasteiger partial charge on any atom is -0.319 e. The number of carbonyl (C=O) groups excluding carboxylic acids is 1. The van der Waals surface area contributed by atoms with Crippen molar-refractivity contribution in [3.05, 3.63) is 86.5 Å². The number of hydrogen-bond donors (Lipinski definition) is 1. The fourth-order valence-corrected chi connectivity index (χ4v) is 2.83. The summed E-state index contributed by atoms with van der Waals surface area (Å²) in [7, 11) is 0. The van der Waals surface area contributed by atoms with Crippen molar-refractivity contribution in [2.45, 2.75) is 13.1 Å². The Labute approximate surface area is 166 Å². The number of benzene rings is 2. The fraction of sp³-hybridized carbons (Fsp3) is 0.105. The third-order valence-electron chi connectivity index (χ3n) is 3.94. The molecule has 0 radical (unpaired) electrons. The lowest BCUT2D eigenvalue weighted by molar-refractivity contribution is -0.137. The molecule has 0 atom stereocenters. The zero-order chi connectivity index (χ0) is 21.3. The molecule has 0 saturated carbocycles. The first-order valence-corrected chi connectivity index (χ1v) is 8.49. The monoisotopic (exact) mass is 425 g/mol. The Morgan fingerprint density at radius 2 is 1.83 bits per heavy atom. The van der Waals surface area contributed by atoms with Gasteiger partial charge in [-0.25, -0.2) is 9.07 Å². The van der Waals surface area contributed by atoms with Gasteiger partial charge in [-0.3, -0.25) is 9.59 Å². The highest BCUT2D eigenvalue weighted by atomic mass is 35.5. The Bertz CT molecular complexity index is 1160. The highest BCUT2D eigenvalue weighted by Gasteiger charge is 2.34. The number of aryl methyl sites for hydroxylation is 1. The van der Waals surface area contributed by atoms with Crippen LogP contribution in [0.25, 0.3) is 5.69 Å². The third-order valence-corrected chi connectivity index (χ3v) is 4.25. The van der Waals surface area contributed by atoms with Gasteiger partial charge in [-0.15, -0.1) is 0 Å². The maximum atomic E-state index is 13.3. The Morgan fingerprint density at radius 1 is 1.14 bits per heavy atom. The van der Waals surface area contributed by atoms with Gasteiger partial charge in [-0.2, -0.15) is 18.3 Å². The Morgan fingerprint density at radius 3 is 2.48 bits per heavy atom. The Balaban J connectivity index is 2.08. The van der Waals surface area contributed by atoms with Crippen molar-refractivity contribution in [2.24, 2.45) is 0 Å². The lowest BCUT2D eigenvalue weighted by atomic mass is 10.1. The van der Waals surface area contributed by atoms with Crippen molar-refractivity contribution in [3.8, 4) is 5.69 Å². The number of halogens is 5. The molecule has 2 aromatic carbocycles. The molecule has 0 spiro atoms. The number of nitrogens with zero attached hydrogens (tertiary/aromatic N) is 2. The van der Waals surface area contributed by atoms with Gasteiger partial charge in [0.05, 0.1) is 22.0 Å². The second kappa shape index (κ2) is 7.67. The number of hydrogen-bond acceptors (Lipinski definition) is 3. The maximum absolute atomic E-state index is 13.3. The molecule has 0 unspecified atom stereocenters. The molecule has 3 aromatic rings. The first-order chi connectivity index (χ1) is 13.6. The van der Waals surface area contributed by atoms with Crippen molar-refractivity contribution >= 4 is 23.2 Å². The molecule has 0 aliphatic carbocycles. The van der Waals surface area contributed by atoms with E-state index in [1.165, 1.54) is 31.2 Å². The van der Waals surface area contributed by atoms with Crippen molar-refractivity contribution in [2.75, 3.05) is 5.32 Å². The zero-order valence-electron chi connectivity index (χ0n) is 14.7. The highest BCUT2D eigenvalue weighted by molar-refractivity contribution is 6.33. The molecule has 29 heavy (non-hydrogen) atoms. The summed E-state index contributed by atoms with van der Waals surface area (Å²) in [5, 5.41) is 6.02. The summed E-state index contributed by atoms with van der Waals surface area (Å²) in [6, 6.07) is 8.82. The summed E-state index contributed by atoms with van der Waals surface area (Å²) in [6.07, 6.45) is -4.67. The molecular weight excluding hydrogens is 414 g/mol. The van der Waals surface area contributed by atoms with Crippen LogP contribution >= 0.6 is 11.6 Å². The minimum atomic E-state index is -4.67. The Kier molecular flexibility index (Phi) is 5.43. The standard InChI is InChI=1S/C19H12ClF4N3O2/c1-10-8-16(28)17(18(29)25-14-7-6-11(21)9-13(14)20)26-27(10)15-5-3-2-4-12(15)19(22,23)24/h2-9H,1H3,(H,25,29). The average Bonchev–Trinajstić information content (AvgIpc) is 2.63. The molecule has 5 nitrogen and oxygen atoms in total. The van der Waals surface area contributed by atoms with Gasteiger partial charge in [0.15, 0.2) is 5.69 Å². The highest BCUT2D eigenvalue weighted by Crippen LogP contribution is 2.33. The molecule has 0 bridgehead atoms. The summed E-state index contributed by atoms with van der Waals surface area (Å²) in [6.45, 7) is 1.39. The number of nitrogens with one attached hydrogen (secondary N) is 1. The summed E-state index contributed by atoms with van der Waals surface area (Å²) in [5.41, 5.74) is -2.64. The Hall–Kier alpha value is -3.20. The van der Waals surface area contributed by atoms with Gasteiger partial charge in [0.1, 0.15) is 5.82 Å². The third kappa shape index (κ3) is 4.29. The van der Waals surface area contributed by atoms with E-state index >= 15 is 0 Å². The normalized spacial score (nSPS) is 11.4. The zero-order valence-corrected chi connectivity index (χ0v) is 15.5. The van der Waals surface area contributed by atoms with E-state index in [0.29, 0.717) is 0 Å². The van der Waals surface area contributed by atoms with E-state index in [-0.39, 0.29) is 22.1 Å². The molecule has 0 fully saturated rings. The number of para-hydroxylation sites is 1. The van der Waals surface area contributed by atoms with Crippen LogP contribution in [0.3, 0.4) is 0 Å². The summed E-state index contributed by atoms with van der Waals surface area (Å²) >= 11 is 5.84. The molecule has 150 valence electrons. The number of alkyl halides is 3. The average molecular weight is 426 g/mol. The lowest BCUT2D eigenvalue weighted by Crippen LogP contribution is -2.27. The van der Waals surface area contributed by atoms with Crippen LogP contribution in [-0.2, 0) is 6.18 Å². The van der Waals surface area contributed by atoms with Crippen LogP contribution in [0.5, 0.6) is 0 Å². The molecule has 1 aromatic heterocycles. The van der Waals surface area contributed by atoms with Crippen LogP contribution in [0.1, 0.15) is 21.7 Å². The van der Waals surface area contributed by atoms with E-state index in [1.54, 1.807) is 0 Å². The molecule has 0 aliphatic heterocycles. The van der Waals surface area contributed by atoms with Gasteiger partial charge in [0.25, 0.3) is 5.91 Å². The van der Waals surface area contributed by atoms with Crippen LogP contribution in [0.4, 0.5) is 23.2 Å².